The molecule has 7 nitrogen and oxygen atoms in total. The Morgan fingerprint density at radius 2 is 2.07 bits per heavy atom. The number of guanidine groups is 1. The molecule has 4 atom stereocenters. The Morgan fingerprint density at radius 1 is 1.29 bits per heavy atom. The average Bonchev–Trinajstić information content (AvgIpc) is 3.36. The largest absolute Gasteiger partial charge is 0.444 e. The minimum Gasteiger partial charge on any atom is -0.444 e. The zero-order chi connectivity index (χ0) is 19.5. The summed E-state index contributed by atoms with van der Waals surface area (Å²) in [5, 5.41) is 3.86. The second kappa shape index (κ2) is 6.51. The van der Waals surface area contributed by atoms with Crippen LogP contribution in [0.1, 0.15) is 52.9 Å². The lowest BCUT2D eigenvalue weighted by atomic mass is 9.54. The third kappa shape index (κ3) is 2.88. The number of hydrogen-bond donors (Lipinski definition) is 1. The van der Waals surface area contributed by atoms with Crippen LogP contribution in [0.5, 0.6) is 0 Å². The van der Waals surface area contributed by atoms with Crippen LogP contribution in [0.4, 0.5) is 4.79 Å². The van der Waals surface area contributed by atoms with Crippen LogP contribution in [0.3, 0.4) is 0 Å². The molecule has 0 radical (unpaired) electrons. The van der Waals surface area contributed by atoms with Gasteiger partial charge in [-0.05, 0) is 40.0 Å². The van der Waals surface area contributed by atoms with Crippen LogP contribution in [-0.4, -0.2) is 78.4 Å². The van der Waals surface area contributed by atoms with Crippen molar-refractivity contribution in [2.75, 3.05) is 32.8 Å². The van der Waals surface area contributed by atoms with Crippen molar-refractivity contribution in [3.8, 4) is 0 Å². The predicted molar refractivity (Wildman–Crippen MR) is 106 cm³/mol. The van der Waals surface area contributed by atoms with Crippen LogP contribution in [0.2, 0.25) is 0 Å². The van der Waals surface area contributed by atoms with Crippen LogP contribution in [0.25, 0.3) is 0 Å². The Hall–Kier alpha value is -1.50. The highest BCUT2D eigenvalue weighted by atomic mass is 16.6. The lowest BCUT2D eigenvalue weighted by Crippen LogP contribution is -2.70. The predicted octanol–water partition coefficient (Wildman–Crippen LogP) is 2.21. The maximum Gasteiger partial charge on any atom is 0.410 e. The summed E-state index contributed by atoms with van der Waals surface area (Å²) in [6, 6.07) is 0.767. The third-order valence-electron chi connectivity index (χ3n) is 7.43. The molecule has 0 aromatic carbocycles. The van der Waals surface area contributed by atoms with Gasteiger partial charge in [0.05, 0.1) is 18.7 Å². The molecule has 3 aliphatic heterocycles. The fourth-order valence-corrected chi connectivity index (χ4v) is 6.24. The van der Waals surface area contributed by atoms with Gasteiger partial charge in [-0.25, -0.2) is 4.79 Å². The van der Waals surface area contributed by atoms with E-state index in [1.807, 2.05) is 25.7 Å². The molecule has 2 aliphatic carbocycles. The lowest BCUT2D eigenvalue weighted by molar-refractivity contribution is -0.125. The van der Waals surface area contributed by atoms with Gasteiger partial charge in [-0.1, -0.05) is 12.8 Å². The zero-order valence-corrected chi connectivity index (χ0v) is 17.4. The van der Waals surface area contributed by atoms with E-state index >= 15 is 0 Å². The summed E-state index contributed by atoms with van der Waals surface area (Å²) in [4.78, 5) is 21.5. The fourth-order valence-electron chi connectivity index (χ4n) is 6.24. The van der Waals surface area contributed by atoms with Crippen LogP contribution in [0, 0.1) is 11.3 Å². The molecule has 28 heavy (non-hydrogen) atoms. The van der Waals surface area contributed by atoms with Gasteiger partial charge in [0.2, 0.25) is 0 Å². The number of carbonyl (C=O) groups excluding carboxylic acids is 1. The van der Waals surface area contributed by atoms with Crippen LogP contribution in [0.15, 0.2) is 4.99 Å². The van der Waals surface area contributed by atoms with Crippen LogP contribution < -0.4 is 5.32 Å². The zero-order valence-electron chi connectivity index (χ0n) is 17.4. The standard InChI is InChI=1S/C21H34N4O3/c1-20(2,3)28-19(26)24-9-10-25-14(13-24)12-22-18(25)23-16-15-6-11-27-17(15)21(16)7-4-5-8-21/h14-17H,4-13H2,1-3H3,(H,22,23). The second-order valence-electron chi connectivity index (χ2n) is 10.2. The van der Waals surface area contributed by atoms with Crippen molar-refractivity contribution in [1.82, 2.24) is 15.1 Å². The number of nitrogens with zero attached hydrogens (tertiary/aromatic N) is 3. The lowest BCUT2D eigenvalue weighted by Gasteiger charge is -2.57. The molecule has 2 saturated heterocycles. The summed E-state index contributed by atoms with van der Waals surface area (Å²) in [6.07, 6.45) is 6.66. The van der Waals surface area contributed by atoms with Gasteiger partial charge in [0.15, 0.2) is 5.96 Å². The van der Waals surface area contributed by atoms with E-state index in [-0.39, 0.29) is 12.1 Å². The van der Waals surface area contributed by atoms with E-state index in [0.29, 0.717) is 36.6 Å². The van der Waals surface area contributed by atoms with Gasteiger partial charge in [-0.3, -0.25) is 4.99 Å². The van der Waals surface area contributed by atoms with Crippen molar-refractivity contribution in [3.05, 3.63) is 0 Å². The van der Waals surface area contributed by atoms with E-state index < -0.39 is 5.60 Å². The van der Waals surface area contributed by atoms with E-state index in [1.165, 1.54) is 32.1 Å². The number of rotatable bonds is 1. The highest BCUT2D eigenvalue weighted by molar-refractivity contribution is 5.83. The van der Waals surface area contributed by atoms with Gasteiger partial charge in [-0.15, -0.1) is 0 Å². The fraction of sp³-hybridized carbons (Fsp3) is 0.905. The van der Waals surface area contributed by atoms with Crippen molar-refractivity contribution in [2.45, 2.75) is 76.7 Å². The van der Waals surface area contributed by atoms with Crippen molar-refractivity contribution < 1.29 is 14.3 Å². The molecule has 1 amide bonds. The van der Waals surface area contributed by atoms with E-state index in [2.05, 4.69) is 10.2 Å². The minimum atomic E-state index is -0.452. The molecular weight excluding hydrogens is 356 g/mol. The highest BCUT2D eigenvalue weighted by Gasteiger charge is 2.65. The Balaban J connectivity index is 1.22. The molecule has 3 heterocycles. The van der Waals surface area contributed by atoms with Crippen molar-refractivity contribution in [3.63, 3.8) is 0 Å². The van der Waals surface area contributed by atoms with E-state index in [9.17, 15) is 4.79 Å². The normalized spacial score (nSPS) is 36.0. The van der Waals surface area contributed by atoms with Gasteiger partial charge >= 0.3 is 6.09 Å². The summed E-state index contributed by atoms with van der Waals surface area (Å²) in [5.41, 5.74) is -0.118. The minimum absolute atomic E-state index is 0.205. The Labute approximate surface area is 167 Å². The summed E-state index contributed by atoms with van der Waals surface area (Å²) in [7, 11) is 0. The number of piperazine rings is 1. The third-order valence-corrected chi connectivity index (χ3v) is 7.43. The Morgan fingerprint density at radius 3 is 2.82 bits per heavy atom. The molecular formula is C21H34N4O3. The first-order chi connectivity index (χ1) is 13.4. The number of aliphatic imine (C=N–C) groups is 1. The van der Waals surface area contributed by atoms with Crippen LogP contribution >= 0.6 is 0 Å². The van der Waals surface area contributed by atoms with E-state index in [4.69, 9.17) is 14.5 Å². The number of fused-ring (bicyclic) bond motifs is 3. The first-order valence-electron chi connectivity index (χ1n) is 11.0. The molecule has 5 aliphatic rings. The van der Waals surface area contributed by atoms with Gasteiger partial charge in [0.25, 0.3) is 0 Å². The Bertz CT molecular complexity index is 667. The molecule has 7 heteroatoms. The van der Waals surface area contributed by atoms with E-state index in [1.54, 1.807) is 0 Å². The van der Waals surface area contributed by atoms with Gasteiger partial charge in [0.1, 0.15) is 5.60 Å². The summed E-state index contributed by atoms with van der Waals surface area (Å²) in [5.74, 6) is 1.69. The molecule has 1 spiro atoms. The van der Waals surface area contributed by atoms with E-state index in [0.717, 1.165) is 25.7 Å². The topological polar surface area (TPSA) is 66.4 Å². The molecule has 4 unspecified atom stereocenters. The Kier molecular flexibility index (Phi) is 4.30. The van der Waals surface area contributed by atoms with Gasteiger partial charge in [-0.2, -0.15) is 0 Å². The molecule has 0 aromatic rings. The average molecular weight is 391 g/mol. The second-order valence-corrected chi connectivity index (χ2v) is 10.2. The molecule has 2 saturated carbocycles. The highest BCUT2D eigenvalue weighted by Crippen LogP contribution is 2.60. The molecule has 0 aromatic heterocycles. The SMILES string of the molecule is CC(C)(C)OC(=O)N1CCN2C(NC3C4CCOC4C34CCCC4)=NCC2C1. The van der Waals surface area contributed by atoms with Gasteiger partial charge in [0, 0.05) is 43.6 Å². The first kappa shape index (κ1) is 18.5. The van der Waals surface area contributed by atoms with Crippen molar-refractivity contribution in [2.24, 2.45) is 16.3 Å². The monoisotopic (exact) mass is 390 g/mol. The summed E-state index contributed by atoms with van der Waals surface area (Å²) in [6.45, 7) is 9.62. The maximum absolute atomic E-state index is 12.4. The van der Waals surface area contributed by atoms with Crippen LogP contribution in [-0.2, 0) is 9.47 Å². The number of ether oxygens (including phenoxy) is 2. The molecule has 4 fully saturated rings. The number of hydrogen-bond acceptors (Lipinski definition) is 6. The molecule has 5 rings (SSSR count). The molecule has 0 bridgehead atoms. The number of carbonyl (C=O) groups is 1. The summed E-state index contributed by atoms with van der Waals surface area (Å²) < 4.78 is 11.7. The summed E-state index contributed by atoms with van der Waals surface area (Å²) >= 11 is 0. The molecule has 1 N–H and O–H groups in total. The first-order valence-corrected chi connectivity index (χ1v) is 11.0. The number of nitrogens with one attached hydrogen (secondary N) is 1. The van der Waals surface area contributed by atoms with Crippen molar-refractivity contribution >= 4 is 12.1 Å². The molecule has 156 valence electrons. The van der Waals surface area contributed by atoms with Gasteiger partial charge < -0.3 is 24.6 Å². The van der Waals surface area contributed by atoms with Crippen molar-refractivity contribution in [1.29, 1.82) is 0 Å². The smallest absolute Gasteiger partial charge is 0.410 e. The maximum atomic E-state index is 12.4. The number of amides is 1. The quantitative estimate of drug-likeness (QED) is 0.744.